The lowest BCUT2D eigenvalue weighted by atomic mass is 10.2. The summed E-state index contributed by atoms with van der Waals surface area (Å²) in [7, 11) is 1.38. The van der Waals surface area contributed by atoms with Gasteiger partial charge in [-0.1, -0.05) is 30.3 Å². The molecular formula is C16H13N5O3S. The number of H-pyrrole nitrogens is 1. The van der Waals surface area contributed by atoms with Crippen molar-refractivity contribution >= 4 is 24.1 Å². The van der Waals surface area contributed by atoms with Crippen molar-refractivity contribution in [3.05, 3.63) is 69.0 Å². The predicted molar refractivity (Wildman–Crippen MR) is 95.5 cm³/mol. The number of benzene rings is 2. The number of aromatic amines is 1. The molecule has 0 saturated heterocycles. The summed E-state index contributed by atoms with van der Waals surface area (Å²) < 4.78 is 6.76. The van der Waals surface area contributed by atoms with Crippen molar-refractivity contribution in [3.8, 4) is 17.1 Å². The van der Waals surface area contributed by atoms with Gasteiger partial charge in [0.25, 0.3) is 0 Å². The molecule has 0 atom stereocenters. The Morgan fingerprint density at radius 2 is 2.08 bits per heavy atom. The van der Waals surface area contributed by atoms with Crippen LogP contribution in [-0.4, -0.2) is 33.1 Å². The Bertz CT molecular complexity index is 995. The van der Waals surface area contributed by atoms with Gasteiger partial charge in [-0.15, -0.1) is 0 Å². The van der Waals surface area contributed by atoms with E-state index < -0.39 is 4.92 Å². The van der Waals surface area contributed by atoms with Crippen LogP contribution in [0.3, 0.4) is 0 Å². The summed E-state index contributed by atoms with van der Waals surface area (Å²) in [5, 5.41) is 22.3. The van der Waals surface area contributed by atoms with Gasteiger partial charge in [0, 0.05) is 17.2 Å². The molecular weight excluding hydrogens is 342 g/mol. The van der Waals surface area contributed by atoms with E-state index in [1.807, 2.05) is 30.3 Å². The monoisotopic (exact) mass is 355 g/mol. The van der Waals surface area contributed by atoms with Crippen LogP contribution in [-0.2, 0) is 0 Å². The summed E-state index contributed by atoms with van der Waals surface area (Å²) in [6.45, 7) is 0. The van der Waals surface area contributed by atoms with Gasteiger partial charge in [-0.05, 0) is 24.4 Å². The molecule has 1 aromatic heterocycles. The first kappa shape index (κ1) is 16.5. The van der Waals surface area contributed by atoms with Crippen LogP contribution in [0.25, 0.3) is 11.4 Å². The Morgan fingerprint density at radius 3 is 2.76 bits per heavy atom. The molecule has 0 bridgehead atoms. The average molecular weight is 355 g/mol. The van der Waals surface area contributed by atoms with E-state index in [1.165, 1.54) is 30.1 Å². The lowest BCUT2D eigenvalue weighted by Gasteiger charge is -2.03. The molecule has 126 valence electrons. The molecule has 0 spiro atoms. The summed E-state index contributed by atoms with van der Waals surface area (Å²) in [4.78, 5) is 10.6. The maximum absolute atomic E-state index is 11.1. The lowest BCUT2D eigenvalue weighted by molar-refractivity contribution is -0.385. The number of nitrogens with zero attached hydrogens (tertiary/aromatic N) is 4. The van der Waals surface area contributed by atoms with Gasteiger partial charge in [-0.3, -0.25) is 10.1 Å². The number of nitro benzene ring substituents is 1. The summed E-state index contributed by atoms with van der Waals surface area (Å²) in [6.07, 6.45) is 1.48. The molecule has 0 saturated carbocycles. The highest BCUT2D eigenvalue weighted by molar-refractivity contribution is 7.71. The molecule has 0 fully saturated rings. The molecule has 3 aromatic rings. The number of hydrogen-bond donors (Lipinski definition) is 1. The van der Waals surface area contributed by atoms with E-state index in [2.05, 4.69) is 15.3 Å². The first-order chi connectivity index (χ1) is 12.1. The van der Waals surface area contributed by atoms with Gasteiger partial charge in [-0.2, -0.15) is 14.9 Å². The molecule has 1 heterocycles. The third-order valence-electron chi connectivity index (χ3n) is 3.40. The van der Waals surface area contributed by atoms with Crippen molar-refractivity contribution in [2.45, 2.75) is 0 Å². The smallest absolute Gasteiger partial charge is 0.311 e. The highest BCUT2D eigenvalue weighted by Crippen LogP contribution is 2.27. The predicted octanol–water partition coefficient (Wildman–Crippen LogP) is 3.41. The fraction of sp³-hybridized carbons (Fsp3) is 0.0625. The fourth-order valence-electron chi connectivity index (χ4n) is 2.23. The summed E-state index contributed by atoms with van der Waals surface area (Å²) in [5.74, 6) is 0.733. The number of hydrogen-bond acceptors (Lipinski definition) is 6. The molecule has 2 aromatic carbocycles. The molecule has 0 radical (unpaired) electrons. The molecule has 1 N–H and O–H groups in total. The summed E-state index contributed by atoms with van der Waals surface area (Å²) in [6, 6.07) is 14.0. The lowest BCUT2D eigenvalue weighted by Crippen LogP contribution is -1.97. The Kier molecular flexibility index (Phi) is 4.66. The second kappa shape index (κ2) is 7.05. The van der Waals surface area contributed by atoms with Crippen LogP contribution in [0.2, 0.25) is 0 Å². The van der Waals surface area contributed by atoms with Crippen molar-refractivity contribution in [3.63, 3.8) is 0 Å². The van der Waals surface area contributed by atoms with E-state index in [0.717, 1.165) is 5.56 Å². The van der Waals surface area contributed by atoms with Gasteiger partial charge in [0.05, 0.1) is 18.2 Å². The molecule has 0 aliphatic carbocycles. The standard InChI is InChI=1S/C16H13N5O3S/c1-24-14-8-7-11(9-13(14)21(22)23)10-17-20-15(18-19-16(20)25)12-5-3-2-4-6-12/h2-10H,1H3,(H,19,25)/b17-10-. The molecule has 0 unspecified atom stereocenters. The van der Waals surface area contributed by atoms with Crippen molar-refractivity contribution < 1.29 is 9.66 Å². The second-order valence-electron chi connectivity index (χ2n) is 4.96. The number of nitrogens with one attached hydrogen (secondary N) is 1. The fourth-order valence-corrected chi connectivity index (χ4v) is 2.41. The van der Waals surface area contributed by atoms with Gasteiger partial charge in [-0.25, -0.2) is 5.10 Å². The molecule has 3 rings (SSSR count). The maximum Gasteiger partial charge on any atom is 0.311 e. The van der Waals surface area contributed by atoms with Crippen LogP contribution in [0.5, 0.6) is 5.75 Å². The first-order valence-electron chi connectivity index (χ1n) is 7.20. The largest absolute Gasteiger partial charge is 0.490 e. The van der Waals surface area contributed by atoms with Crippen molar-refractivity contribution in [2.24, 2.45) is 5.10 Å². The van der Waals surface area contributed by atoms with Gasteiger partial charge in [0.1, 0.15) is 0 Å². The van der Waals surface area contributed by atoms with Crippen LogP contribution in [0.15, 0.2) is 53.6 Å². The zero-order valence-corrected chi connectivity index (χ0v) is 13.9. The van der Waals surface area contributed by atoms with Crippen LogP contribution in [0.1, 0.15) is 5.56 Å². The number of nitro groups is 1. The quantitative estimate of drug-likeness (QED) is 0.327. The number of aromatic nitrogens is 3. The Labute approximate surface area is 147 Å². The van der Waals surface area contributed by atoms with E-state index in [9.17, 15) is 10.1 Å². The van der Waals surface area contributed by atoms with Crippen LogP contribution >= 0.6 is 12.2 Å². The Balaban J connectivity index is 1.99. The number of ether oxygens (including phenoxy) is 1. The van der Waals surface area contributed by atoms with Gasteiger partial charge in [0.2, 0.25) is 4.77 Å². The second-order valence-corrected chi connectivity index (χ2v) is 5.35. The van der Waals surface area contributed by atoms with Crippen molar-refractivity contribution in [1.29, 1.82) is 0 Å². The third kappa shape index (κ3) is 3.45. The third-order valence-corrected chi connectivity index (χ3v) is 3.67. The number of rotatable bonds is 5. The maximum atomic E-state index is 11.1. The molecule has 9 heteroatoms. The van der Waals surface area contributed by atoms with Crippen LogP contribution in [0, 0.1) is 14.9 Å². The molecule has 0 aliphatic heterocycles. The van der Waals surface area contributed by atoms with Gasteiger partial charge < -0.3 is 4.74 Å². The minimum atomic E-state index is -0.505. The average Bonchev–Trinajstić information content (AvgIpc) is 3.01. The zero-order chi connectivity index (χ0) is 17.8. The van der Waals surface area contributed by atoms with Crippen molar-refractivity contribution in [2.75, 3.05) is 7.11 Å². The van der Waals surface area contributed by atoms with Crippen LogP contribution < -0.4 is 4.74 Å². The van der Waals surface area contributed by atoms with Crippen LogP contribution in [0.4, 0.5) is 5.69 Å². The first-order valence-corrected chi connectivity index (χ1v) is 7.60. The Morgan fingerprint density at radius 1 is 1.32 bits per heavy atom. The molecule has 25 heavy (non-hydrogen) atoms. The highest BCUT2D eigenvalue weighted by Gasteiger charge is 2.14. The number of methoxy groups -OCH3 is 1. The Hall–Kier alpha value is -3.33. The zero-order valence-electron chi connectivity index (χ0n) is 13.1. The normalized spacial score (nSPS) is 10.9. The molecule has 8 nitrogen and oxygen atoms in total. The van der Waals surface area contributed by atoms with E-state index in [1.54, 1.807) is 6.07 Å². The van der Waals surface area contributed by atoms with E-state index in [0.29, 0.717) is 16.2 Å². The topological polar surface area (TPSA) is 98.3 Å². The minimum absolute atomic E-state index is 0.134. The summed E-state index contributed by atoms with van der Waals surface area (Å²) in [5.41, 5.74) is 1.24. The minimum Gasteiger partial charge on any atom is -0.490 e. The molecule has 0 aliphatic rings. The highest BCUT2D eigenvalue weighted by atomic mass is 32.1. The molecule has 0 amide bonds. The van der Waals surface area contributed by atoms with Gasteiger partial charge >= 0.3 is 5.69 Å². The van der Waals surface area contributed by atoms with E-state index >= 15 is 0 Å². The van der Waals surface area contributed by atoms with Gasteiger partial charge in [0.15, 0.2) is 11.6 Å². The van der Waals surface area contributed by atoms with E-state index in [4.69, 9.17) is 17.0 Å². The summed E-state index contributed by atoms with van der Waals surface area (Å²) >= 11 is 5.20. The van der Waals surface area contributed by atoms with E-state index in [-0.39, 0.29) is 11.4 Å². The SMILES string of the molecule is COc1ccc(/C=N\n2c(-c3ccccc3)n[nH]c2=S)cc1[N+](=O)[O-]. The van der Waals surface area contributed by atoms with Crippen molar-refractivity contribution in [1.82, 2.24) is 14.9 Å².